The Morgan fingerprint density at radius 3 is 2.21 bits per heavy atom. The van der Waals surface area contributed by atoms with Crippen molar-refractivity contribution in [2.45, 2.75) is 227 Å². The Morgan fingerprint density at radius 1 is 0.896 bits per heavy atom. The summed E-state index contributed by atoms with van der Waals surface area (Å²) in [5.41, 5.74) is 2.05. The van der Waals surface area contributed by atoms with Crippen LogP contribution in [0.1, 0.15) is 209 Å². The third kappa shape index (κ3) is 18.2. The fraction of sp³-hybridized carbons (Fsp3) is 0.893. The summed E-state index contributed by atoms with van der Waals surface area (Å²) < 4.78 is 29.5. The number of rotatable bonds is 32. The highest BCUT2D eigenvalue weighted by molar-refractivity contribution is 7.45. The molecule has 10 nitrogen and oxygen atoms in total. The summed E-state index contributed by atoms with van der Waals surface area (Å²) >= 11 is 0. The molecule has 12 atom stereocenters. The third-order valence-electron chi connectivity index (χ3n) is 17.6. The molecule has 4 rings (SSSR count). The van der Waals surface area contributed by atoms with E-state index in [4.69, 9.17) is 13.8 Å². The Morgan fingerprint density at radius 2 is 1.57 bits per heavy atom. The van der Waals surface area contributed by atoms with Crippen molar-refractivity contribution in [2.24, 2.45) is 52.3 Å². The number of nitrogens with one attached hydrogen (secondary N) is 1. The predicted molar refractivity (Wildman–Crippen MR) is 272 cm³/mol. The number of aliphatic hydroxyl groups is 1. The number of allylic oxidation sites excluding steroid dienone is 2. The number of carbonyl (C=O) groups is 2. The van der Waals surface area contributed by atoms with Crippen LogP contribution in [0.4, 0.5) is 0 Å². The molecule has 2 N–H and O–H groups in total. The molecule has 0 radical (unpaired) electrons. The largest absolute Gasteiger partial charge is 0.756 e. The summed E-state index contributed by atoms with van der Waals surface area (Å²) in [5, 5.41) is 13.9. The first kappa shape index (κ1) is 58.0. The van der Waals surface area contributed by atoms with Crippen LogP contribution in [0.5, 0.6) is 0 Å². The van der Waals surface area contributed by atoms with Gasteiger partial charge in [-0.2, -0.15) is 0 Å². The molecule has 3 saturated carbocycles. The smallest absolute Gasteiger partial charge is 0.306 e. The molecule has 0 aromatic carbocycles. The monoisotopic (exact) mass is 961 g/mol. The van der Waals surface area contributed by atoms with Crippen molar-refractivity contribution in [3.05, 3.63) is 23.8 Å². The number of hydrogen-bond acceptors (Lipinski definition) is 8. The van der Waals surface area contributed by atoms with Crippen LogP contribution >= 0.6 is 7.82 Å². The van der Waals surface area contributed by atoms with Crippen LogP contribution in [-0.2, 0) is 27.9 Å². The first-order chi connectivity index (χ1) is 31.7. The lowest BCUT2D eigenvalue weighted by atomic mass is 9.47. The molecule has 0 heterocycles. The fourth-order valence-electron chi connectivity index (χ4n) is 13.3. The Labute approximate surface area is 410 Å². The van der Waals surface area contributed by atoms with Gasteiger partial charge in [-0.15, -0.1) is 0 Å². The minimum absolute atomic E-state index is 0.0539. The van der Waals surface area contributed by atoms with Gasteiger partial charge in [0.1, 0.15) is 19.3 Å². The van der Waals surface area contributed by atoms with Crippen LogP contribution in [0.25, 0.3) is 0 Å². The van der Waals surface area contributed by atoms with Gasteiger partial charge in [-0.1, -0.05) is 149 Å². The van der Waals surface area contributed by atoms with Crippen LogP contribution < -0.4 is 10.2 Å². The summed E-state index contributed by atoms with van der Waals surface area (Å²) in [6, 6.07) is -1.06. The standard InChI is InChI=1S/C56H101N2O8P/c1-11-13-14-15-16-17-18-19-20-21-22-23-24-25-52(59)51(41-65-67(62,63)64-39-38-58(8,9)10)57-53(60)32-33-54(61)66-46-34-36-55(6)45(40-46)28-29-47-49-31-30-48(56(49,7)37-35-50(47)55)43(5)26-27-44(12-2)42(3)4/h24-25,28,42-44,46-52,59H,11-23,26-27,29-41H2,1-10H3,(H-,57,60,62,63)/b25-24+/t43-,44-,46+,47+,48-,49+,50+,51?,52?,55+,56-/m1/s1. The minimum Gasteiger partial charge on any atom is -0.756 e. The van der Waals surface area contributed by atoms with Gasteiger partial charge >= 0.3 is 5.97 Å². The molecular formula is C56H101N2O8P. The molecule has 0 spiro atoms. The summed E-state index contributed by atoms with van der Waals surface area (Å²) in [4.78, 5) is 39.2. The zero-order valence-electron chi connectivity index (χ0n) is 44.5. The SMILES string of the molecule is CCCCCCCCCCCCC/C=C/C(O)C(COP(=O)([O-])OCC[N+](C)(C)C)NC(=O)CCC(=O)O[C@H]1CC[C@@]2(C)C(=CC[C@H]3[C@@H]4CC[C@H]([C@H](C)CC[C@@H](CC)C(C)C)[C@@]4(C)CC[C@@H]32)C1. The maximum atomic E-state index is 13.3. The highest BCUT2D eigenvalue weighted by Crippen LogP contribution is 2.67. The van der Waals surface area contributed by atoms with E-state index >= 15 is 0 Å². The summed E-state index contributed by atoms with van der Waals surface area (Å²) in [6.45, 7) is 17.0. The van der Waals surface area contributed by atoms with Crippen molar-refractivity contribution in [2.75, 3.05) is 40.9 Å². The molecule has 0 aromatic rings. The molecule has 0 saturated heterocycles. The van der Waals surface area contributed by atoms with Gasteiger partial charge in [0.15, 0.2) is 0 Å². The lowest BCUT2D eigenvalue weighted by Crippen LogP contribution is -2.51. The quantitative estimate of drug-likeness (QED) is 0.0224. The van der Waals surface area contributed by atoms with Gasteiger partial charge in [0, 0.05) is 12.8 Å². The second kappa shape index (κ2) is 27.9. The highest BCUT2D eigenvalue weighted by atomic mass is 31.2. The zero-order valence-corrected chi connectivity index (χ0v) is 45.4. The number of phosphoric ester groups is 1. The van der Waals surface area contributed by atoms with Gasteiger partial charge in [0.2, 0.25) is 5.91 Å². The Kier molecular flexibility index (Phi) is 24.2. The van der Waals surface area contributed by atoms with Crippen molar-refractivity contribution in [3.63, 3.8) is 0 Å². The summed E-state index contributed by atoms with van der Waals surface area (Å²) in [6.07, 6.45) is 32.0. The van der Waals surface area contributed by atoms with E-state index < -0.39 is 38.5 Å². The van der Waals surface area contributed by atoms with E-state index in [9.17, 15) is 24.2 Å². The van der Waals surface area contributed by atoms with Gasteiger partial charge in [0.25, 0.3) is 7.82 Å². The number of unbranched alkanes of at least 4 members (excludes halogenated alkanes) is 11. The molecule has 1 amide bonds. The van der Waals surface area contributed by atoms with E-state index in [0.29, 0.717) is 22.4 Å². The van der Waals surface area contributed by atoms with Crippen molar-refractivity contribution in [1.29, 1.82) is 0 Å². The molecule has 0 aliphatic heterocycles. The molecule has 4 aliphatic rings. The lowest BCUT2D eigenvalue weighted by molar-refractivity contribution is -0.870. The number of fused-ring (bicyclic) bond motifs is 5. The van der Waals surface area contributed by atoms with Crippen molar-refractivity contribution in [3.8, 4) is 0 Å². The topological polar surface area (TPSA) is 134 Å². The fourth-order valence-corrected chi connectivity index (χ4v) is 14.0. The van der Waals surface area contributed by atoms with Gasteiger partial charge in [-0.25, -0.2) is 0 Å². The third-order valence-corrected chi connectivity index (χ3v) is 18.6. The number of carbonyl (C=O) groups excluding carboxylic acids is 2. The van der Waals surface area contributed by atoms with E-state index in [1.54, 1.807) is 6.08 Å². The average Bonchev–Trinajstić information content (AvgIpc) is 3.63. The Hall–Kier alpha value is -1.55. The van der Waals surface area contributed by atoms with Crippen molar-refractivity contribution < 1.29 is 42.4 Å². The lowest BCUT2D eigenvalue weighted by Gasteiger charge is -2.58. The van der Waals surface area contributed by atoms with Gasteiger partial charge in [-0.3, -0.25) is 14.2 Å². The molecular weight excluding hydrogens is 860 g/mol. The molecule has 0 bridgehead atoms. The molecule has 388 valence electrons. The molecule has 11 heteroatoms. The van der Waals surface area contributed by atoms with Crippen LogP contribution in [0.2, 0.25) is 0 Å². The number of phosphoric acid groups is 1. The number of quaternary nitrogens is 1. The van der Waals surface area contributed by atoms with Crippen LogP contribution in [-0.4, -0.2) is 80.6 Å². The van der Waals surface area contributed by atoms with E-state index in [1.165, 1.54) is 108 Å². The van der Waals surface area contributed by atoms with Crippen molar-refractivity contribution in [1.82, 2.24) is 5.32 Å². The zero-order chi connectivity index (χ0) is 49.3. The van der Waals surface area contributed by atoms with Crippen LogP contribution in [0, 0.1) is 52.3 Å². The molecule has 3 fully saturated rings. The van der Waals surface area contributed by atoms with Crippen molar-refractivity contribution >= 4 is 19.7 Å². The van der Waals surface area contributed by atoms with Gasteiger partial charge in [-0.05, 0) is 116 Å². The maximum Gasteiger partial charge on any atom is 0.306 e. The minimum atomic E-state index is -4.70. The molecule has 0 aromatic heterocycles. The number of ether oxygens (including phenoxy) is 1. The number of amides is 1. The number of aliphatic hydroxyl groups excluding tert-OH is 1. The maximum absolute atomic E-state index is 13.3. The summed E-state index contributed by atoms with van der Waals surface area (Å²) in [7, 11) is 1.09. The summed E-state index contributed by atoms with van der Waals surface area (Å²) in [5.74, 6) is 4.52. The average molecular weight is 961 g/mol. The number of hydrogen-bond donors (Lipinski definition) is 2. The number of nitrogens with zero attached hydrogens (tertiary/aromatic N) is 1. The van der Waals surface area contributed by atoms with E-state index in [2.05, 4.69) is 59.9 Å². The van der Waals surface area contributed by atoms with E-state index in [1.807, 2.05) is 27.2 Å². The van der Waals surface area contributed by atoms with E-state index in [0.717, 1.165) is 80.5 Å². The molecule has 67 heavy (non-hydrogen) atoms. The normalized spacial score (nSPS) is 29.0. The Bertz CT molecular complexity index is 1590. The second-order valence-electron chi connectivity index (χ2n) is 23.8. The van der Waals surface area contributed by atoms with Gasteiger partial charge in [0.05, 0.1) is 46.3 Å². The first-order valence-corrected chi connectivity index (χ1v) is 29.1. The Balaban J connectivity index is 1.25. The molecule has 4 aliphatic carbocycles. The predicted octanol–water partition coefficient (Wildman–Crippen LogP) is 12.7. The van der Waals surface area contributed by atoms with E-state index in [-0.39, 0.29) is 31.0 Å². The van der Waals surface area contributed by atoms with Crippen LogP contribution in [0.15, 0.2) is 23.8 Å². The first-order valence-electron chi connectivity index (χ1n) is 27.7. The second-order valence-corrected chi connectivity index (χ2v) is 25.2. The highest BCUT2D eigenvalue weighted by Gasteiger charge is 2.59. The number of likely N-dealkylation sites (N-methyl/N-ethyl adjacent to an activating group) is 1. The van der Waals surface area contributed by atoms with Gasteiger partial charge < -0.3 is 33.6 Å². The van der Waals surface area contributed by atoms with Crippen LogP contribution in [0.3, 0.4) is 0 Å². The number of esters is 1. The molecule has 3 unspecified atom stereocenters.